The molecule has 2 rings (SSSR count). The fourth-order valence-corrected chi connectivity index (χ4v) is 4.21. The second-order valence-electron chi connectivity index (χ2n) is 4.36. The number of hydrogen-bond donors (Lipinski definition) is 2. The number of halogens is 2. The fourth-order valence-electron chi connectivity index (χ4n) is 1.98. The Bertz CT molecular complexity index is 681. The quantitative estimate of drug-likeness (QED) is 0.814. The molecule has 1 aromatic rings. The minimum atomic E-state index is -3.95. The van der Waals surface area contributed by atoms with Crippen LogP contribution in [-0.4, -0.2) is 43.4 Å². The third-order valence-electron chi connectivity index (χ3n) is 3.14. The normalized spacial score (nSPS) is 24.2. The molecule has 1 aromatic carbocycles. The Hall–Kier alpha value is -0.510. The van der Waals surface area contributed by atoms with Gasteiger partial charge in [-0.25, -0.2) is 13.6 Å². The first-order chi connectivity index (χ1) is 9.20. The summed E-state index contributed by atoms with van der Waals surface area (Å²) in [6.45, 7) is 0. The molecule has 6 nitrogen and oxygen atoms in total. The highest BCUT2D eigenvalue weighted by Gasteiger charge is 2.42. The highest BCUT2D eigenvalue weighted by molar-refractivity contribution is 8.14. The van der Waals surface area contributed by atoms with Crippen molar-refractivity contribution in [3.63, 3.8) is 0 Å². The molecule has 0 spiro atoms. The lowest BCUT2D eigenvalue weighted by atomic mass is 10.0. The molecule has 0 radical (unpaired) electrons. The first kappa shape index (κ1) is 18.5. The summed E-state index contributed by atoms with van der Waals surface area (Å²) < 4.78 is 23.0. The molecule has 118 valence electrons. The first-order valence-corrected chi connectivity index (χ1v) is 8.50. The van der Waals surface area contributed by atoms with Crippen molar-refractivity contribution in [2.24, 2.45) is 10.1 Å². The van der Waals surface area contributed by atoms with Gasteiger partial charge in [0.2, 0.25) is 10.0 Å². The largest absolute Gasteiger partial charge is 0.366 e. The van der Waals surface area contributed by atoms with Gasteiger partial charge >= 0.3 is 0 Å². The molecule has 10 heteroatoms. The van der Waals surface area contributed by atoms with E-state index in [0.717, 1.165) is 0 Å². The van der Waals surface area contributed by atoms with Crippen LogP contribution in [0.2, 0.25) is 5.02 Å². The number of thioether (sulfide) groups is 1. The minimum Gasteiger partial charge on any atom is -0.366 e. The second kappa shape index (κ2) is 6.31. The summed E-state index contributed by atoms with van der Waals surface area (Å²) in [6, 6.07) is 4.29. The monoisotopic (exact) mass is 371 g/mol. The van der Waals surface area contributed by atoms with Crippen LogP contribution in [0.4, 0.5) is 0 Å². The smallest absolute Gasteiger partial charge is 0.239 e. The van der Waals surface area contributed by atoms with Crippen LogP contribution in [0, 0.1) is 0 Å². The number of rotatable bonds is 2. The van der Waals surface area contributed by atoms with E-state index in [1.54, 1.807) is 25.1 Å². The Balaban J connectivity index is 0.00000220. The maximum absolute atomic E-state index is 11.5. The van der Waals surface area contributed by atoms with Crippen molar-refractivity contribution in [2.75, 3.05) is 19.8 Å². The van der Waals surface area contributed by atoms with Crippen LogP contribution >= 0.6 is 35.8 Å². The number of primary sulfonamides is 1. The average molecular weight is 372 g/mol. The zero-order valence-corrected chi connectivity index (χ0v) is 14.5. The summed E-state index contributed by atoms with van der Waals surface area (Å²) in [5.74, 6) is 0.335. The highest BCUT2D eigenvalue weighted by Crippen LogP contribution is 2.39. The SMILES string of the molecule is CN=C1SCC(O)(c2ccc(Cl)c(S(N)(=O)=O)c2)N1C.Cl. The van der Waals surface area contributed by atoms with E-state index in [9.17, 15) is 13.5 Å². The molecule has 0 aliphatic carbocycles. The Labute approximate surface area is 138 Å². The molecular weight excluding hydrogens is 357 g/mol. The Morgan fingerprint density at radius 3 is 2.62 bits per heavy atom. The molecule has 3 N–H and O–H groups in total. The van der Waals surface area contributed by atoms with E-state index in [4.69, 9.17) is 16.7 Å². The van der Waals surface area contributed by atoms with E-state index in [0.29, 0.717) is 16.5 Å². The number of benzene rings is 1. The Kier molecular flexibility index (Phi) is 5.57. The molecule has 1 heterocycles. The zero-order valence-electron chi connectivity index (χ0n) is 11.3. The molecule has 1 aliphatic rings. The molecule has 0 amide bonds. The predicted octanol–water partition coefficient (Wildman–Crippen LogP) is 1.22. The van der Waals surface area contributed by atoms with Crippen molar-refractivity contribution < 1.29 is 13.5 Å². The van der Waals surface area contributed by atoms with Gasteiger partial charge in [-0.3, -0.25) is 4.99 Å². The molecule has 0 bridgehead atoms. The summed E-state index contributed by atoms with van der Waals surface area (Å²) in [5.41, 5.74) is -0.941. The number of aliphatic imine (C=N–C) groups is 1. The second-order valence-corrected chi connectivity index (χ2v) is 7.24. The first-order valence-electron chi connectivity index (χ1n) is 5.59. The van der Waals surface area contributed by atoms with Crippen LogP contribution in [0.15, 0.2) is 28.1 Å². The molecule has 1 aliphatic heterocycles. The molecule has 1 saturated heterocycles. The van der Waals surface area contributed by atoms with Crippen LogP contribution in [-0.2, 0) is 15.7 Å². The maximum atomic E-state index is 11.5. The molecule has 1 atom stereocenters. The van der Waals surface area contributed by atoms with E-state index < -0.39 is 15.7 Å². The van der Waals surface area contributed by atoms with Gasteiger partial charge in [-0.1, -0.05) is 29.4 Å². The molecule has 0 aromatic heterocycles. The van der Waals surface area contributed by atoms with Crippen LogP contribution in [0.5, 0.6) is 0 Å². The van der Waals surface area contributed by atoms with Crippen LogP contribution in [0.1, 0.15) is 5.56 Å². The topological polar surface area (TPSA) is 96.0 Å². The predicted molar refractivity (Wildman–Crippen MR) is 87.6 cm³/mol. The van der Waals surface area contributed by atoms with Gasteiger partial charge in [0.25, 0.3) is 0 Å². The lowest BCUT2D eigenvalue weighted by Gasteiger charge is -2.31. The molecular formula is C11H15Cl2N3O3S2. The number of hydrogen-bond acceptors (Lipinski definition) is 5. The lowest BCUT2D eigenvalue weighted by Crippen LogP contribution is -2.42. The van der Waals surface area contributed by atoms with E-state index in [2.05, 4.69) is 4.99 Å². The van der Waals surface area contributed by atoms with Crippen LogP contribution < -0.4 is 5.14 Å². The van der Waals surface area contributed by atoms with Crippen molar-refractivity contribution in [3.05, 3.63) is 28.8 Å². The molecule has 1 fully saturated rings. The average Bonchev–Trinajstić information content (AvgIpc) is 2.66. The van der Waals surface area contributed by atoms with E-state index >= 15 is 0 Å². The Morgan fingerprint density at radius 1 is 1.52 bits per heavy atom. The number of aliphatic hydroxyl groups is 1. The van der Waals surface area contributed by atoms with Crippen molar-refractivity contribution >= 4 is 51.0 Å². The van der Waals surface area contributed by atoms with Crippen LogP contribution in [0.25, 0.3) is 0 Å². The lowest BCUT2D eigenvalue weighted by molar-refractivity contribution is -0.0349. The van der Waals surface area contributed by atoms with Gasteiger partial charge < -0.3 is 10.0 Å². The van der Waals surface area contributed by atoms with Crippen LogP contribution in [0.3, 0.4) is 0 Å². The summed E-state index contributed by atoms with van der Waals surface area (Å²) in [4.78, 5) is 5.44. The van der Waals surface area contributed by atoms with Gasteiger partial charge in [-0.05, 0) is 12.1 Å². The third kappa shape index (κ3) is 3.30. The number of amidine groups is 1. The summed E-state index contributed by atoms with van der Waals surface area (Å²) in [6.07, 6.45) is 0. The zero-order chi connectivity index (χ0) is 15.1. The molecule has 21 heavy (non-hydrogen) atoms. The van der Waals surface area contributed by atoms with E-state index in [1.165, 1.54) is 23.9 Å². The summed E-state index contributed by atoms with van der Waals surface area (Å²) in [7, 11) is -0.632. The summed E-state index contributed by atoms with van der Waals surface area (Å²) >= 11 is 7.22. The Morgan fingerprint density at radius 2 is 2.14 bits per heavy atom. The van der Waals surface area contributed by atoms with Crippen molar-refractivity contribution in [2.45, 2.75) is 10.6 Å². The van der Waals surface area contributed by atoms with Gasteiger partial charge in [-0.2, -0.15) is 0 Å². The number of nitrogens with two attached hydrogens (primary N) is 1. The van der Waals surface area contributed by atoms with E-state index in [1.807, 2.05) is 0 Å². The number of sulfonamides is 1. The molecule has 0 saturated carbocycles. The molecule has 1 unspecified atom stereocenters. The maximum Gasteiger partial charge on any atom is 0.239 e. The van der Waals surface area contributed by atoms with Crippen molar-refractivity contribution in [1.82, 2.24) is 4.90 Å². The van der Waals surface area contributed by atoms with Crippen molar-refractivity contribution in [1.29, 1.82) is 0 Å². The minimum absolute atomic E-state index is 0. The van der Waals surface area contributed by atoms with Gasteiger partial charge in [-0.15, -0.1) is 12.4 Å². The third-order valence-corrected chi connectivity index (χ3v) is 5.79. The highest BCUT2D eigenvalue weighted by atomic mass is 35.5. The van der Waals surface area contributed by atoms with Gasteiger partial charge in [0.15, 0.2) is 10.9 Å². The number of nitrogens with zero attached hydrogens (tertiary/aromatic N) is 2. The van der Waals surface area contributed by atoms with Gasteiger partial charge in [0.05, 0.1) is 10.8 Å². The van der Waals surface area contributed by atoms with E-state index in [-0.39, 0.29) is 22.3 Å². The van der Waals surface area contributed by atoms with Crippen molar-refractivity contribution in [3.8, 4) is 0 Å². The van der Waals surface area contributed by atoms with Gasteiger partial charge in [0.1, 0.15) is 4.90 Å². The fraction of sp³-hybridized carbons (Fsp3) is 0.364. The summed E-state index contributed by atoms with van der Waals surface area (Å²) in [5, 5.41) is 16.6. The van der Waals surface area contributed by atoms with Gasteiger partial charge in [0, 0.05) is 19.7 Å². The standard InChI is InChI=1S/C11H14ClN3O3S2.ClH/c1-14-10-15(2)11(16,6-19-10)7-3-4-8(12)9(5-7)20(13,17)18;/h3-5,16H,6H2,1-2H3,(H2,13,17,18);1H.